The summed E-state index contributed by atoms with van der Waals surface area (Å²) in [5.41, 5.74) is 13.8. The van der Waals surface area contributed by atoms with E-state index in [-0.39, 0.29) is 6.04 Å². The van der Waals surface area contributed by atoms with Crippen LogP contribution in [0.3, 0.4) is 0 Å². The van der Waals surface area contributed by atoms with E-state index in [0.29, 0.717) is 17.7 Å². The van der Waals surface area contributed by atoms with Crippen LogP contribution >= 0.6 is 0 Å². The molecule has 4 N–H and O–H groups in total. The van der Waals surface area contributed by atoms with Gasteiger partial charge in [0.2, 0.25) is 5.82 Å². The molecule has 3 heterocycles. The molecule has 1 atom stereocenters. The summed E-state index contributed by atoms with van der Waals surface area (Å²) in [5, 5.41) is 5.41. The third-order valence-electron chi connectivity index (χ3n) is 6.09. The summed E-state index contributed by atoms with van der Waals surface area (Å²) < 4.78 is 9.84. The fraction of sp³-hybridized carbons (Fsp3) is 0.522. The van der Waals surface area contributed by atoms with Gasteiger partial charge in [-0.3, -0.25) is 16.0 Å². The summed E-state index contributed by atoms with van der Waals surface area (Å²) in [6.07, 6.45) is 12.0. The molecule has 3 aromatic rings. The van der Waals surface area contributed by atoms with Crippen molar-refractivity contribution in [1.82, 2.24) is 14.7 Å². The minimum absolute atomic E-state index is 0.0293. The number of unbranched alkanes of at least 4 members (excludes halogenated alkanes) is 5. The van der Waals surface area contributed by atoms with Crippen molar-refractivity contribution >= 4 is 16.9 Å². The van der Waals surface area contributed by atoms with Gasteiger partial charge in [-0.25, -0.2) is 0 Å². The highest BCUT2D eigenvalue weighted by atomic mass is 16.5. The first-order valence-electron chi connectivity index (χ1n) is 11.2. The second kappa shape index (κ2) is 9.32. The maximum atomic E-state index is 5.80. The number of benzene rings is 1. The number of aromatic nitrogens is 3. The van der Waals surface area contributed by atoms with Gasteiger partial charge in [0.05, 0.1) is 6.54 Å². The lowest BCUT2D eigenvalue weighted by molar-refractivity contribution is -0.555. The molecule has 0 amide bonds. The first-order chi connectivity index (χ1) is 14.7. The molecule has 0 radical (unpaired) electrons. The molecule has 0 bridgehead atoms. The van der Waals surface area contributed by atoms with Crippen molar-refractivity contribution in [1.29, 1.82) is 0 Å². The van der Waals surface area contributed by atoms with Crippen molar-refractivity contribution in [2.24, 2.45) is 11.5 Å². The average Bonchev–Trinajstić information content (AvgIpc) is 3.49. The Morgan fingerprint density at radius 3 is 2.83 bits per heavy atom. The standard InChI is InChI=1S/C23H32N6O/c1-2-3-4-5-6-7-13-28-15-12-17-16-18(10-11-19(17)28)21-26-22(30-27-21)20-9-8-14-29(20)23(24)25/h10-12,15-16,20H,2-9,13-14H2,1H3,(H3,24,25)/p+1/t20-/m0/s1. The summed E-state index contributed by atoms with van der Waals surface area (Å²) in [7, 11) is 0. The monoisotopic (exact) mass is 409 g/mol. The predicted octanol–water partition coefficient (Wildman–Crippen LogP) is 4.17. The molecule has 1 saturated heterocycles. The van der Waals surface area contributed by atoms with Crippen molar-refractivity contribution in [2.75, 3.05) is 6.54 Å². The minimum atomic E-state index is -0.0293. The molecule has 1 fully saturated rings. The van der Waals surface area contributed by atoms with Crippen molar-refractivity contribution in [3.8, 4) is 11.4 Å². The van der Waals surface area contributed by atoms with E-state index in [1.165, 1.54) is 49.4 Å². The number of rotatable bonds is 9. The Kier molecular flexibility index (Phi) is 6.35. The van der Waals surface area contributed by atoms with Gasteiger partial charge in [-0.05, 0) is 43.5 Å². The van der Waals surface area contributed by atoms with Crippen LogP contribution in [0.2, 0.25) is 0 Å². The zero-order valence-electron chi connectivity index (χ0n) is 17.9. The first-order valence-corrected chi connectivity index (χ1v) is 11.2. The highest BCUT2D eigenvalue weighted by Crippen LogP contribution is 2.29. The quantitative estimate of drug-likeness (QED) is 0.314. The zero-order valence-corrected chi connectivity index (χ0v) is 17.9. The summed E-state index contributed by atoms with van der Waals surface area (Å²) >= 11 is 0. The van der Waals surface area contributed by atoms with Gasteiger partial charge in [-0.15, -0.1) is 0 Å². The Bertz CT molecular complexity index is 1010. The summed E-state index contributed by atoms with van der Waals surface area (Å²) in [6.45, 7) is 4.15. The highest BCUT2D eigenvalue weighted by molar-refractivity contribution is 5.84. The Morgan fingerprint density at radius 1 is 1.17 bits per heavy atom. The Balaban J connectivity index is 1.45. The molecule has 0 aliphatic carbocycles. The fourth-order valence-electron chi connectivity index (χ4n) is 4.42. The van der Waals surface area contributed by atoms with Gasteiger partial charge < -0.3 is 9.09 Å². The number of nitrogens with two attached hydrogens (primary N) is 2. The number of hydrogen-bond acceptors (Lipinski definition) is 3. The molecule has 1 aromatic carbocycles. The summed E-state index contributed by atoms with van der Waals surface area (Å²) in [5.74, 6) is 1.50. The highest BCUT2D eigenvalue weighted by Gasteiger charge is 2.31. The third kappa shape index (κ3) is 4.35. The van der Waals surface area contributed by atoms with E-state index in [4.69, 9.17) is 16.0 Å². The van der Waals surface area contributed by atoms with Crippen LogP contribution in [0.25, 0.3) is 22.3 Å². The van der Waals surface area contributed by atoms with E-state index in [1.54, 1.807) is 0 Å². The van der Waals surface area contributed by atoms with Crippen LogP contribution in [0, 0.1) is 0 Å². The molecule has 1 aliphatic heterocycles. The Morgan fingerprint density at radius 2 is 2.00 bits per heavy atom. The molecule has 1 aliphatic rings. The van der Waals surface area contributed by atoms with Gasteiger partial charge >= 0.3 is 5.96 Å². The molecular weight excluding hydrogens is 376 g/mol. The van der Waals surface area contributed by atoms with Crippen LogP contribution in [-0.4, -0.2) is 31.8 Å². The molecule has 160 valence electrons. The van der Waals surface area contributed by atoms with Crippen LogP contribution in [0.1, 0.15) is 70.2 Å². The molecular formula is C23H33N6O+. The van der Waals surface area contributed by atoms with Crippen molar-refractivity contribution in [3.63, 3.8) is 0 Å². The van der Waals surface area contributed by atoms with Gasteiger partial charge in [-0.2, -0.15) is 4.98 Å². The number of aryl methyl sites for hydroxylation is 1. The maximum Gasteiger partial charge on any atom is 0.341 e. The van der Waals surface area contributed by atoms with Crippen LogP contribution in [0.4, 0.5) is 0 Å². The Labute approximate surface area is 177 Å². The van der Waals surface area contributed by atoms with Crippen LogP contribution < -0.4 is 11.5 Å². The van der Waals surface area contributed by atoms with Crippen LogP contribution in [0.15, 0.2) is 35.0 Å². The minimum Gasteiger partial charge on any atom is -0.347 e. The second-order valence-corrected chi connectivity index (χ2v) is 8.28. The summed E-state index contributed by atoms with van der Waals surface area (Å²) in [4.78, 5) is 4.64. The van der Waals surface area contributed by atoms with Gasteiger partial charge in [0.1, 0.15) is 0 Å². The lowest BCUT2D eigenvalue weighted by Gasteiger charge is -2.07. The smallest absolute Gasteiger partial charge is 0.341 e. The van der Waals surface area contributed by atoms with E-state index in [9.17, 15) is 0 Å². The largest absolute Gasteiger partial charge is 0.347 e. The lowest BCUT2D eigenvalue weighted by atomic mass is 10.1. The molecule has 0 saturated carbocycles. The number of fused-ring (bicyclic) bond motifs is 1. The SMILES string of the molecule is CCCCCCCCn1ccc2cc(-c3noc([C@@H]4CCC[N+]4=C(N)N)n3)ccc21. The molecule has 4 rings (SSSR count). The molecule has 0 unspecified atom stereocenters. The lowest BCUT2D eigenvalue weighted by Crippen LogP contribution is -2.35. The van der Waals surface area contributed by atoms with E-state index in [2.05, 4.69) is 52.1 Å². The van der Waals surface area contributed by atoms with Gasteiger partial charge in [0, 0.05) is 29.2 Å². The van der Waals surface area contributed by atoms with Crippen molar-refractivity contribution in [2.45, 2.75) is 70.9 Å². The fourth-order valence-corrected chi connectivity index (χ4v) is 4.42. The van der Waals surface area contributed by atoms with E-state index < -0.39 is 0 Å². The topological polar surface area (TPSA) is 98.9 Å². The van der Waals surface area contributed by atoms with E-state index in [1.807, 2.05) is 4.58 Å². The zero-order chi connectivity index (χ0) is 20.9. The number of guanidine groups is 1. The molecule has 7 heteroatoms. The van der Waals surface area contributed by atoms with Crippen molar-refractivity contribution < 1.29 is 9.10 Å². The first kappa shape index (κ1) is 20.4. The maximum absolute atomic E-state index is 5.80. The molecule has 0 spiro atoms. The van der Waals surface area contributed by atoms with Crippen molar-refractivity contribution in [3.05, 3.63) is 36.4 Å². The van der Waals surface area contributed by atoms with Crippen LogP contribution in [-0.2, 0) is 6.54 Å². The van der Waals surface area contributed by atoms with Gasteiger partial charge in [-0.1, -0.05) is 44.2 Å². The normalized spacial score (nSPS) is 16.6. The predicted molar refractivity (Wildman–Crippen MR) is 119 cm³/mol. The number of hydrogen-bond donors (Lipinski definition) is 2. The van der Waals surface area contributed by atoms with E-state index >= 15 is 0 Å². The number of nitrogens with zero attached hydrogens (tertiary/aromatic N) is 4. The van der Waals surface area contributed by atoms with Crippen LogP contribution in [0.5, 0.6) is 0 Å². The third-order valence-corrected chi connectivity index (χ3v) is 6.09. The van der Waals surface area contributed by atoms with Gasteiger partial charge in [0.25, 0.3) is 5.89 Å². The average molecular weight is 410 g/mol. The summed E-state index contributed by atoms with van der Waals surface area (Å²) in [6, 6.07) is 8.51. The Hall–Kier alpha value is -2.83. The van der Waals surface area contributed by atoms with E-state index in [0.717, 1.165) is 31.5 Å². The molecule has 7 nitrogen and oxygen atoms in total. The molecule has 30 heavy (non-hydrogen) atoms. The molecule has 2 aromatic heterocycles. The second-order valence-electron chi connectivity index (χ2n) is 8.28. The van der Waals surface area contributed by atoms with Gasteiger partial charge in [0.15, 0.2) is 6.04 Å².